The van der Waals surface area contributed by atoms with Gasteiger partial charge in [-0.1, -0.05) is 49.6 Å². The summed E-state index contributed by atoms with van der Waals surface area (Å²) in [7, 11) is 0. The molecule has 7 nitrogen and oxygen atoms in total. The van der Waals surface area contributed by atoms with Gasteiger partial charge in [-0.3, -0.25) is 19.6 Å². The minimum atomic E-state index is -0.993. The molecule has 198 valence electrons. The number of nitrogens with zero attached hydrogens (tertiary/aromatic N) is 1. The molecule has 37 heavy (non-hydrogen) atoms. The Morgan fingerprint density at radius 2 is 1.76 bits per heavy atom. The lowest BCUT2D eigenvalue weighted by Gasteiger charge is -2.37. The minimum absolute atomic E-state index is 0.0584. The second-order valence-electron chi connectivity index (χ2n) is 10.4. The van der Waals surface area contributed by atoms with Crippen molar-refractivity contribution in [2.75, 3.05) is 11.9 Å². The predicted molar refractivity (Wildman–Crippen MR) is 138 cm³/mol. The summed E-state index contributed by atoms with van der Waals surface area (Å²) >= 11 is 0. The van der Waals surface area contributed by atoms with Crippen molar-refractivity contribution in [2.24, 2.45) is 11.3 Å². The molecule has 0 bridgehead atoms. The molecule has 0 radical (unpaired) electrons. The Bertz CT molecular complexity index is 1070. The highest BCUT2D eigenvalue weighted by Crippen LogP contribution is 2.43. The number of hydrogen-bond acceptors (Lipinski definition) is 4. The lowest BCUT2D eigenvalue weighted by molar-refractivity contribution is -0.147. The molecule has 0 aromatic heterocycles. The van der Waals surface area contributed by atoms with E-state index in [0.29, 0.717) is 37.9 Å². The average molecular weight is 510 g/mol. The monoisotopic (exact) mass is 509 g/mol. The van der Waals surface area contributed by atoms with E-state index in [4.69, 9.17) is 0 Å². The summed E-state index contributed by atoms with van der Waals surface area (Å²) in [4.78, 5) is 41.6. The zero-order valence-electron chi connectivity index (χ0n) is 21.1. The summed E-state index contributed by atoms with van der Waals surface area (Å²) in [5, 5.41) is 12.2. The van der Waals surface area contributed by atoms with Crippen molar-refractivity contribution in [3.8, 4) is 0 Å². The van der Waals surface area contributed by atoms with Crippen molar-refractivity contribution in [1.29, 1.82) is 0 Å². The number of amides is 3. The maximum atomic E-state index is 14.0. The number of carbonyl (C=O) groups is 3. The highest BCUT2D eigenvalue weighted by Gasteiger charge is 2.51. The van der Waals surface area contributed by atoms with Gasteiger partial charge in [0.15, 0.2) is 0 Å². The van der Waals surface area contributed by atoms with Gasteiger partial charge >= 0.3 is 0 Å². The van der Waals surface area contributed by atoms with Crippen molar-refractivity contribution in [3.63, 3.8) is 0 Å². The molecular weight excluding hydrogens is 473 g/mol. The molecule has 1 aliphatic carbocycles. The summed E-state index contributed by atoms with van der Waals surface area (Å²) in [6, 6.07) is 14.9. The molecule has 8 heteroatoms. The first-order chi connectivity index (χ1) is 17.9. The molecule has 4 rings (SSSR count). The van der Waals surface area contributed by atoms with E-state index in [-0.39, 0.29) is 30.0 Å². The van der Waals surface area contributed by atoms with E-state index in [1.165, 1.54) is 12.1 Å². The van der Waals surface area contributed by atoms with Gasteiger partial charge in [0.1, 0.15) is 11.9 Å². The van der Waals surface area contributed by atoms with Crippen molar-refractivity contribution in [1.82, 2.24) is 10.4 Å². The van der Waals surface area contributed by atoms with Crippen LogP contribution in [0.4, 0.5) is 10.1 Å². The Morgan fingerprint density at radius 3 is 2.43 bits per heavy atom. The SMILES string of the molecule is O=C(C[C@]1(CCCc2ccc(F)cc2)CCN([C@@H](C(=O)Nc2ccccc2)C2CCCCC2)C1=O)NO. The lowest BCUT2D eigenvalue weighted by atomic mass is 9.77. The molecule has 1 saturated carbocycles. The number of aryl methyl sites for hydroxylation is 1. The van der Waals surface area contributed by atoms with Gasteiger partial charge in [0.2, 0.25) is 17.7 Å². The van der Waals surface area contributed by atoms with Crippen molar-refractivity contribution in [2.45, 2.75) is 70.3 Å². The van der Waals surface area contributed by atoms with Crippen LogP contribution in [0.3, 0.4) is 0 Å². The molecule has 2 aromatic rings. The van der Waals surface area contributed by atoms with Gasteiger partial charge in [-0.15, -0.1) is 0 Å². The molecule has 0 unspecified atom stereocenters. The van der Waals surface area contributed by atoms with Gasteiger partial charge in [-0.25, -0.2) is 9.87 Å². The fraction of sp³-hybridized carbons (Fsp3) is 0.483. The van der Waals surface area contributed by atoms with Crippen LogP contribution in [-0.4, -0.2) is 40.4 Å². The maximum absolute atomic E-state index is 14.0. The molecule has 1 aliphatic heterocycles. The lowest BCUT2D eigenvalue weighted by Crippen LogP contribution is -2.52. The smallest absolute Gasteiger partial charge is 0.247 e. The van der Waals surface area contributed by atoms with E-state index in [1.54, 1.807) is 22.5 Å². The normalized spacial score (nSPS) is 21.0. The number of para-hydroxylation sites is 1. The van der Waals surface area contributed by atoms with Gasteiger partial charge in [-0.05, 0) is 74.3 Å². The fourth-order valence-corrected chi connectivity index (χ4v) is 6.02. The molecule has 2 aromatic carbocycles. The van der Waals surface area contributed by atoms with Gasteiger partial charge in [0.25, 0.3) is 0 Å². The standard InChI is InChI=1S/C29H36FN3O4/c30-23-15-13-21(14-16-23)8-7-17-29(20-25(34)32-37)18-19-33(28(29)36)26(22-9-3-1-4-10-22)27(35)31-24-11-5-2-6-12-24/h2,5-6,11-16,22,26,37H,1,3-4,7-10,17-20H2,(H,31,35)(H,32,34)/t26-,29+/m1/s1. The summed E-state index contributed by atoms with van der Waals surface area (Å²) in [6.45, 7) is 0.386. The van der Waals surface area contributed by atoms with Crippen LogP contribution in [0.15, 0.2) is 54.6 Å². The summed E-state index contributed by atoms with van der Waals surface area (Å²) in [5.41, 5.74) is 2.33. The molecule has 2 fully saturated rings. The number of likely N-dealkylation sites (tertiary alicyclic amines) is 1. The van der Waals surface area contributed by atoms with Crippen LogP contribution < -0.4 is 10.8 Å². The molecule has 2 atom stereocenters. The predicted octanol–water partition coefficient (Wildman–Crippen LogP) is 4.85. The molecule has 3 N–H and O–H groups in total. The second kappa shape index (κ2) is 12.3. The van der Waals surface area contributed by atoms with E-state index in [9.17, 15) is 24.0 Å². The van der Waals surface area contributed by atoms with Crippen LogP contribution in [0.5, 0.6) is 0 Å². The van der Waals surface area contributed by atoms with E-state index in [0.717, 1.165) is 37.7 Å². The number of hydroxylamine groups is 1. The number of halogens is 1. The number of hydrogen-bond donors (Lipinski definition) is 3. The first kappa shape index (κ1) is 26.8. The number of anilines is 1. The van der Waals surface area contributed by atoms with Gasteiger partial charge in [-0.2, -0.15) is 0 Å². The second-order valence-corrected chi connectivity index (χ2v) is 10.4. The van der Waals surface area contributed by atoms with Crippen LogP contribution in [0.2, 0.25) is 0 Å². The Kier molecular flexibility index (Phi) is 8.92. The minimum Gasteiger partial charge on any atom is -0.330 e. The number of rotatable bonds is 10. The molecule has 1 saturated heterocycles. The highest BCUT2D eigenvalue weighted by molar-refractivity contribution is 5.99. The molecule has 0 spiro atoms. The molecule has 1 heterocycles. The van der Waals surface area contributed by atoms with Crippen LogP contribution in [0.25, 0.3) is 0 Å². The maximum Gasteiger partial charge on any atom is 0.247 e. The largest absolute Gasteiger partial charge is 0.330 e. The third kappa shape index (κ3) is 6.55. The fourth-order valence-electron chi connectivity index (χ4n) is 6.02. The Morgan fingerprint density at radius 1 is 1.05 bits per heavy atom. The molecular formula is C29H36FN3O4. The molecule has 3 amide bonds. The van der Waals surface area contributed by atoms with Gasteiger partial charge in [0.05, 0.1) is 5.41 Å². The quantitative estimate of drug-likeness (QED) is 0.315. The van der Waals surface area contributed by atoms with Gasteiger partial charge in [0, 0.05) is 18.7 Å². The Balaban J connectivity index is 1.54. The van der Waals surface area contributed by atoms with E-state index < -0.39 is 17.4 Å². The summed E-state index contributed by atoms with van der Waals surface area (Å²) in [6.07, 6.45) is 6.92. The number of benzene rings is 2. The van der Waals surface area contributed by atoms with E-state index >= 15 is 0 Å². The van der Waals surface area contributed by atoms with Crippen LogP contribution in [-0.2, 0) is 20.8 Å². The van der Waals surface area contributed by atoms with Gasteiger partial charge < -0.3 is 10.2 Å². The summed E-state index contributed by atoms with van der Waals surface area (Å²) < 4.78 is 13.3. The first-order valence-electron chi connectivity index (χ1n) is 13.3. The van der Waals surface area contributed by atoms with E-state index in [1.807, 2.05) is 30.3 Å². The summed E-state index contributed by atoms with van der Waals surface area (Å²) in [5.74, 6) is -1.25. The topological polar surface area (TPSA) is 98.7 Å². The van der Waals surface area contributed by atoms with Crippen molar-refractivity contribution >= 4 is 23.4 Å². The Hall–Kier alpha value is -3.26. The first-order valence-corrected chi connectivity index (χ1v) is 13.3. The number of carbonyl (C=O) groups excluding carboxylic acids is 3. The molecule has 2 aliphatic rings. The van der Waals surface area contributed by atoms with Crippen LogP contribution in [0, 0.1) is 17.2 Å². The van der Waals surface area contributed by atoms with E-state index in [2.05, 4.69) is 5.32 Å². The third-order valence-electron chi connectivity index (χ3n) is 7.95. The van der Waals surface area contributed by atoms with Crippen LogP contribution >= 0.6 is 0 Å². The highest BCUT2D eigenvalue weighted by atomic mass is 19.1. The van der Waals surface area contributed by atoms with Crippen LogP contribution in [0.1, 0.15) is 63.4 Å². The third-order valence-corrected chi connectivity index (χ3v) is 7.95. The van der Waals surface area contributed by atoms with Crippen molar-refractivity contribution in [3.05, 3.63) is 66.0 Å². The zero-order chi connectivity index (χ0) is 26.3. The Labute approximate surface area is 217 Å². The number of nitrogens with one attached hydrogen (secondary N) is 2. The zero-order valence-corrected chi connectivity index (χ0v) is 21.1. The average Bonchev–Trinajstić information content (AvgIpc) is 3.21. The van der Waals surface area contributed by atoms with Crippen molar-refractivity contribution < 1.29 is 24.0 Å².